The number of halogens is 1. The lowest BCUT2D eigenvalue weighted by Gasteiger charge is -2.31. The van der Waals surface area contributed by atoms with Crippen LogP contribution in [-0.2, 0) is 16.1 Å². The molecule has 28 heavy (non-hydrogen) atoms. The molecule has 0 spiro atoms. The van der Waals surface area contributed by atoms with Crippen LogP contribution in [0.3, 0.4) is 0 Å². The molecule has 3 rings (SSSR count). The largest absolute Gasteiger partial charge is 0.465 e. The highest BCUT2D eigenvalue weighted by atomic mass is 79.9. The molecule has 1 fully saturated rings. The minimum atomic E-state index is -0.406. The lowest BCUT2D eigenvalue weighted by Crippen LogP contribution is -2.37. The number of piperidine rings is 1. The summed E-state index contributed by atoms with van der Waals surface area (Å²) in [6.45, 7) is 4.60. The van der Waals surface area contributed by atoms with Crippen LogP contribution in [0.5, 0.6) is 0 Å². The second-order valence-electron chi connectivity index (χ2n) is 7.19. The van der Waals surface area contributed by atoms with Crippen LogP contribution < -0.4 is 5.32 Å². The summed E-state index contributed by atoms with van der Waals surface area (Å²) in [5, 5.41) is 3.00. The van der Waals surface area contributed by atoms with Gasteiger partial charge in [-0.05, 0) is 68.2 Å². The van der Waals surface area contributed by atoms with E-state index in [2.05, 4.69) is 38.3 Å². The second-order valence-corrected chi connectivity index (χ2v) is 8.11. The summed E-state index contributed by atoms with van der Waals surface area (Å²) >= 11 is 3.51. The summed E-state index contributed by atoms with van der Waals surface area (Å²) < 4.78 is 5.85. The standard InChI is InChI=1S/C22H25BrN2O3/c1-15-6-7-18(22(27)28-2)13-20(15)24-21(26)17-8-10-25(11-9-17)14-16-4-3-5-19(23)12-16/h3-7,12-13,17H,8-11,14H2,1-2H3,(H,24,26). The van der Waals surface area contributed by atoms with E-state index in [1.807, 2.05) is 25.1 Å². The fourth-order valence-corrected chi connectivity index (χ4v) is 3.93. The lowest BCUT2D eigenvalue weighted by atomic mass is 9.95. The van der Waals surface area contributed by atoms with E-state index in [-0.39, 0.29) is 11.8 Å². The fraction of sp³-hybridized carbons (Fsp3) is 0.364. The first-order valence-electron chi connectivity index (χ1n) is 9.43. The van der Waals surface area contributed by atoms with Gasteiger partial charge in [-0.25, -0.2) is 4.79 Å². The van der Waals surface area contributed by atoms with Gasteiger partial charge in [-0.15, -0.1) is 0 Å². The molecule has 0 atom stereocenters. The van der Waals surface area contributed by atoms with Crippen LogP contribution in [-0.4, -0.2) is 37.0 Å². The number of carbonyl (C=O) groups is 2. The SMILES string of the molecule is COC(=O)c1ccc(C)c(NC(=O)C2CCN(Cc3cccc(Br)c3)CC2)c1. The van der Waals surface area contributed by atoms with Crippen molar-refractivity contribution in [3.8, 4) is 0 Å². The molecule has 1 heterocycles. The number of nitrogens with zero attached hydrogens (tertiary/aromatic N) is 1. The highest BCUT2D eigenvalue weighted by Crippen LogP contribution is 2.24. The average molecular weight is 445 g/mol. The van der Waals surface area contributed by atoms with Crippen molar-refractivity contribution >= 4 is 33.5 Å². The molecule has 1 amide bonds. The van der Waals surface area contributed by atoms with Crippen molar-refractivity contribution in [3.63, 3.8) is 0 Å². The third kappa shape index (κ3) is 5.20. The van der Waals surface area contributed by atoms with Crippen molar-refractivity contribution < 1.29 is 14.3 Å². The van der Waals surface area contributed by atoms with E-state index in [9.17, 15) is 9.59 Å². The van der Waals surface area contributed by atoms with Gasteiger partial charge in [0.05, 0.1) is 12.7 Å². The normalized spacial score (nSPS) is 15.2. The van der Waals surface area contributed by atoms with Gasteiger partial charge in [-0.2, -0.15) is 0 Å². The molecule has 5 nitrogen and oxygen atoms in total. The predicted octanol–water partition coefficient (Wildman–Crippen LogP) is 4.39. The number of likely N-dealkylation sites (tertiary alicyclic amines) is 1. The molecule has 1 N–H and O–H groups in total. The third-order valence-corrected chi connectivity index (χ3v) is 5.66. The van der Waals surface area contributed by atoms with Crippen LogP contribution >= 0.6 is 15.9 Å². The number of carbonyl (C=O) groups excluding carboxylic acids is 2. The molecule has 0 aromatic heterocycles. The zero-order valence-electron chi connectivity index (χ0n) is 16.2. The molecule has 148 valence electrons. The first-order valence-corrected chi connectivity index (χ1v) is 10.2. The third-order valence-electron chi connectivity index (χ3n) is 5.17. The van der Waals surface area contributed by atoms with Crippen LogP contribution in [0.4, 0.5) is 5.69 Å². The highest BCUT2D eigenvalue weighted by molar-refractivity contribution is 9.10. The van der Waals surface area contributed by atoms with Gasteiger partial charge in [0.1, 0.15) is 0 Å². The van der Waals surface area contributed by atoms with Crippen molar-refractivity contribution in [2.75, 3.05) is 25.5 Å². The molecule has 2 aromatic rings. The van der Waals surface area contributed by atoms with Gasteiger partial charge in [-0.3, -0.25) is 9.69 Å². The van der Waals surface area contributed by atoms with E-state index >= 15 is 0 Å². The van der Waals surface area contributed by atoms with Crippen molar-refractivity contribution in [2.24, 2.45) is 5.92 Å². The molecule has 6 heteroatoms. The van der Waals surface area contributed by atoms with Crippen LogP contribution in [0.25, 0.3) is 0 Å². The first-order chi connectivity index (χ1) is 13.5. The number of aryl methyl sites for hydroxylation is 1. The zero-order chi connectivity index (χ0) is 20.1. The quantitative estimate of drug-likeness (QED) is 0.694. The Morgan fingerprint density at radius 1 is 1.18 bits per heavy atom. The highest BCUT2D eigenvalue weighted by Gasteiger charge is 2.25. The van der Waals surface area contributed by atoms with E-state index in [1.165, 1.54) is 12.7 Å². The molecule has 1 aliphatic heterocycles. The smallest absolute Gasteiger partial charge is 0.337 e. The number of esters is 1. The van der Waals surface area contributed by atoms with E-state index in [0.717, 1.165) is 42.5 Å². The van der Waals surface area contributed by atoms with Crippen molar-refractivity contribution in [3.05, 3.63) is 63.6 Å². The second kappa shape index (κ2) is 9.34. The number of ether oxygens (including phenoxy) is 1. The van der Waals surface area contributed by atoms with Gasteiger partial charge in [-0.1, -0.05) is 34.1 Å². The Morgan fingerprint density at radius 2 is 1.93 bits per heavy atom. The van der Waals surface area contributed by atoms with Crippen LogP contribution in [0, 0.1) is 12.8 Å². The molecule has 1 saturated heterocycles. The van der Waals surface area contributed by atoms with E-state index < -0.39 is 5.97 Å². The Balaban J connectivity index is 1.56. The monoisotopic (exact) mass is 444 g/mol. The summed E-state index contributed by atoms with van der Waals surface area (Å²) in [4.78, 5) is 26.8. The number of rotatable bonds is 5. The number of hydrogen-bond acceptors (Lipinski definition) is 4. The van der Waals surface area contributed by atoms with Gasteiger partial charge in [0, 0.05) is 22.6 Å². The van der Waals surface area contributed by atoms with Crippen LogP contribution in [0.1, 0.15) is 34.3 Å². The van der Waals surface area contributed by atoms with Crippen LogP contribution in [0.2, 0.25) is 0 Å². The Labute approximate surface area is 174 Å². The Bertz CT molecular complexity index is 861. The maximum absolute atomic E-state index is 12.7. The summed E-state index contributed by atoms with van der Waals surface area (Å²) in [5.74, 6) is -0.400. The average Bonchev–Trinajstić information content (AvgIpc) is 2.69. The molecular formula is C22H25BrN2O3. The van der Waals surface area contributed by atoms with Gasteiger partial charge < -0.3 is 10.1 Å². The minimum Gasteiger partial charge on any atom is -0.465 e. The summed E-state index contributed by atoms with van der Waals surface area (Å²) in [7, 11) is 1.35. The van der Waals surface area contributed by atoms with Gasteiger partial charge in [0.2, 0.25) is 5.91 Å². The Hall–Kier alpha value is -2.18. The molecule has 0 bridgehead atoms. The topological polar surface area (TPSA) is 58.6 Å². The van der Waals surface area contributed by atoms with E-state index in [0.29, 0.717) is 11.3 Å². The molecule has 2 aromatic carbocycles. The lowest BCUT2D eigenvalue weighted by molar-refractivity contribution is -0.121. The molecule has 0 unspecified atom stereocenters. The number of anilines is 1. The van der Waals surface area contributed by atoms with Crippen molar-refractivity contribution in [1.29, 1.82) is 0 Å². The number of amides is 1. The number of benzene rings is 2. The first kappa shape index (κ1) is 20.6. The Kier molecular flexibility index (Phi) is 6.86. The maximum atomic E-state index is 12.7. The van der Waals surface area contributed by atoms with Crippen LogP contribution in [0.15, 0.2) is 46.9 Å². The molecule has 0 radical (unpaired) electrons. The molecular weight excluding hydrogens is 420 g/mol. The fourth-order valence-electron chi connectivity index (χ4n) is 3.48. The predicted molar refractivity (Wildman–Crippen MR) is 113 cm³/mol. The summed E-state index contributed by atoms with van der Waals surface area (Å²) in [6.07, 6.45) is 1.66. The minimum absolute atomic E-state index is 0.0139. The van der Waals surface area contributed by atoms with Crippen molar-refractivity contribution in [2.45, 2.75) is 26.3 Å². The van der Waals surface area contributed by atoms with Gasteiger partial charge in [0.25, 0.3) is 0 Å². The zero-order valence-corrected chi connectivity index (χ0v) is 17.8. The number of hydrogen-bond donors (Lipinski definition) is 1. The Morgan fingerprint density at radius 3 is 2.61 bits per heavy atom. The van der Waals surface area contributed by atoms with Gasteiger partial charge >= 0.3 is 5.97 Å². The van der Waals surface area contributed by atoms with Crippen molar-refractivity contribution in [1.82, 2.24) is 4.90 Å². The summed E-state index contributed by atoms with van der Waals surface area (Å²) in [6, 6.07) is 13.5. The number of nitrogens with one attached hydrogen (secondary N) is 1. The summed E-state index contributed by atoms with van der Waals surface area (Å²) in [5.41, 5.74) is 3.30. The number of methoxy groups -OCH3 is 1. The van der Waals surface area contributed by atoms with E-state index in [4.69, 9.17) is 4.74 Å². The maximum Gasteiger partial charge on any atom is 0.337 e. The van der Waals surface area contributed by atoms with Gasteiger partial charge in [0.15, 0.2) is 0 Å². The van der Waals surface area contributed by atoms with E-state index in [1.54, 1.807) is 12.1 Å². The molecule has 1 aliphatic rings. The molecule has 0 aliphatic carbocycles. The molecule has 0 saturated carbocycles.